The summed E-state index contributed by atoms with van der Waals surface area (Å²) in [5.41, 5.74) is 5.69. The smallest absolute Gasteiger partial charge is 0.231 e. The number of para-hydroxylation sites is 1. The van der Waals surface area contributed by atoms with Gasteiger partial charge < -0.3 is 19.8 Å². The minimum atomic E-state index is -0.0538. The van der Waals surface area contributed by atoms with E-state index < -0.39 is 0 Å². The number of benzene rings is 3. The first-order valence-corrected chi connectivity index (χ1v) is 11.7. The van der Waals surface area contributed by atoms with Gasteiger partial charge in [-0.05, 0) is 45.9 Å². The molecule has 5 nitrogen and oxygen atoms in total. The third-order valence-corrected chi connectivity index (χ3v) is 6.49. The molecule has 0 saturated carbocycles. The first-order chi connectivity index (χ1) is 16.4. The van der Waals surface area contributed by atoms with Gasteiger partial charge in [-0.2, -0.15) is 0 Å². The summed E-state index contributed by atoms with van der Waals surface area (Å²) < 4.78 is 10.8. The molecule has 0 spiro atoms. The molecule has 5 heteroatoms. The van der Waals surface area contributed by atoms with Crippen LogP contribution in [0.4, 0.5) is 0 Å². The number of H-pyrrole nitrogens is 1. The molecular weight excluding hydrogens is 424 g/mol. The second-order valence-electron chi connectivity index (χ2n) is 9.88. The zero-order valence-corrected chi connectivity index (χ0v) is 19.9. The van der Waals surface area contributed by atoms with Crippen LogP contribution in [0.1, 0.15) is 55.4 Å². The van der Waals surface area contributed by atoms with Crippen molar-refractivity contribution in [2.45, 2.75) is 45.1 Å². The van der Waals surface area contributed by atoms with Gasteiger partial charge in [0.2, 0.25) is 12.7 Å². The highest BCUT2D eigenvalue weighted by Gasteiger charge is 2.23. The molecule has 2 N–H and O–H groups in total. The number of fused-ring (bicyclic) bond motifs is 2. The van der Waals surface area contributed by atoms with Crippen LogP contribution in [-0.2, 0) is 16.8 Å². The minimum Gasteiger partial charge on any atom is -0.454 e. The summed E-state index contributed by atoms with van der Waals surface area (Å²) in [5.74, 6) is 1.42. The van der Waals surface area contributed by atoms with Crippen LogP contribution in [-0.4, -0.2) is 17.7 Å². The van der Waals surface area contributed by atoms with Crippen LogP contribution in [0, 0.1) is 0 Å². The Bertz CT molecular complexity index is 1320. The quantitative estimate of drug-likeness (QED) is 0.374. The maximum atomic E-state index is 13.1. The molecule has 2 heterocycles. The molecule has 1 amide bonds. The van der Waals surface area contributed by atoms with E-state index in [0.717, 1.165) is 39.1 Å². The molecule has 1 atom stereocenters. The number of aromatic amines is 1. The van der Waals surface area contributed by atoms with Gasteiger partial charge in [-0.1, -0.05) is 69.3 Å². The highest BCUT2D eigenvalue weighted by molar-refractivity contribution is 5.86. The van der Waals surface area contributed by atoms with E-state index in [1.807, 2.05) is 36.5 Å². The standard InChI is InChI=1S/C29H30N2O3/c1-29(2,3)21-11-9-20(10-12-21)23(24-17-30-25-7-5-4-6-22(24)25)15-28(32)31-16-19-8-13-26-27(14-19)34-18-33-26/h4-14,17,23,30H,15-16,18H2,1-3H3,(H,31,32). The number of ether oxygens (including phenoxy) is 2. The summed E-state index contributed by atoms with van der Waals surface area (Å²) in [6.07, 6.45) is 2.40. The van der Waals surface area contributed by atoms with Gasteiger partial charge in [0.25, 0.3) is 0 Å². The van der Waals surface area contributed by atoms with E-state index in [-0.39, 0.29) is 24.0 Å². The third kappa shape index (κ3) is 4.51. The lowest BCUT2D eigenvalue weighted by Gasteiger charge is -2.22. The molecule has 0 aliphatic carbocycles. The van der Waals surface area contributed by atoms with Crippen molar-refractivity contribution < 1.29 is 14.3 Å². The number of aromatic nitrogens is 1. The second-order valence-corrected chi connectivity index (χ2v) is 9.88. The van der Waals surface area contributed by atoms with Gasteiger partial charge in [-0.15, -0.1) is 0 Å². The molecule has 0 fully saturated rings. The molecule has 1 aromatic heterocycles. The van der Waals surface area contributed by atoms with E-state index >= 15 is 0 Å². The van der Waals surface area contributed by atoms with Crippen LogP contribution < -0.4 is 14.8 Å². The fraction of sp³-hybridized carbons (Fsp3) is 0.276. The number of hydrogen-bond donors (Lipinski definition) is 2. The Kier molecular flexibility index (Phi) is 5.78. The summed E-state index contributed by atoms with van der Waals surface area (Å²) in [6, 6.07) is 22.7. The molecule has 5 rings (SSSR count). The molecule has 4 aromatic rings. The predicted molar refractivity (Wildman–Crippen MR) is 134 cm³/mol. The monoisotopic (exact) mass is 454 g/mol. The Hall–Kier alpha value is -3.73. The lowest BCUT2D eigenvalue weighted by atomic mass is 9.83. The molecule has 0 bridgehead atoms. The number of amides is 1. The first-order valence-electron chi connectivity index (χ1n) is 11.7. The first kappa shape index (κ1) is 22.1. The van der Waals surface area contributed by atoms with Gasteiger partial charge in [0.1, 0.15) is 0 Å². The van der Waals surface area contributed by atoms with Gasteiger partial charge in [-0.25, -0.2) is 0 Å². The summed E-state index contributed by atoms with van der Waals surface area (Å²) >= 11 is 0. The number of hydrogen-bond acceptors (Lipinski definition) is 3. The van der Waals surface area contributed by atoms with E-state index in [4.69, 9.17) is 9.47 Å². The SMILES string of the molecule is CC(C)(C)c1ccc(C(CC(=O)NCc2ccc3c(c2)OCO3)c2c[nH]c3ccccc23)cc1. The Morgan fingerprint density at radius 2 is 1.76 bits per heavy atom. The molecule has 1 unspecified atom stereocenters. The van der Waals surface area contributed by atoms with Crippen LogP contribution in [0.5, 0.6) is 11.5 Å². The largest absolute Gasteiger partial charge is 0.454 e. The molecule has 1 aliphatic rings. The Morgan fingerprint density at radius 1 is 1.00 bits per heavy atom. The molecule has 1 aliphatic heterocycles. The van der Waals surface area contributed by atoms with E-state index in [0.29, 0.717) is 13.0 Å². The zero-order chi connectivity index (χ0) is 23.7. The lowest BCUT2D eigenvalue weighted by molar-refractivity contribution is -0.121. The maximum Gasteiger partial charge on any atom is 0.231 e. The van der Waals surface area contributed by atoms with Crippen molar-refractivity contribution in [2.24, 2.45) is 0 Å². The number of nitrogens with one attached hydrogen (secondary N) is 2. The summed E-state index contributed by atoms with van der Waals surface area (Å²) in [4.78, 5) is 16.5. The molecule has 34 heavy (non-hydrogen) atoms. The molecule has 174 valence electrons. The fourth-order valence-electron chi connectivity index (χ4n) is 4.51. The lowest BCUT2D eigenvalue weighted by Crippen LogP contribution is -2.25. The van der Waals surface area contributed by atoms with Crippen molar-refractivity contribution in [1.29, 1.82) is 0 Å². The third-order valence-electron chi connectivity index (χ3n) is 6.49. The minimum absolute atomic E-state index is 0.00726. The van der Waals surface area contributed by atoms with Crippen LogP contribution >= 0.6 is 0 Å². The van der Waals surface area contributed by atoms with Crippen LogP contribution in [0.15, 0.2) is 72.9 Å². The van der Waals surface area contributed by atoms with Crippen molar-refractivity contribution in [2.75, 3.05) is 6.79 Å². The van der Waals surface area contributed by atoms with Gasteiger partial charge in [-0.3, -0.25) is 4.79 Å². The van der Waals surface area contributed by atoms with Gasteiger partial charge >= 0.3 is 0 Å². The highest BCUT2D eigenvalue weighted by Crippen LogP contribution is 2.35. The summed E-state index contributed by atoms with van der Waals surface area (Å²) in [5, 5.41) is 4.24. The van der Waals surface area contributed by atoms with Crippen molar-refractivity contribution in [3.8, 4) is 11.5 Å². The molecule has 3 aromatic carbocycles. The van der Waals surface area contributed by atoms with Gasteiger partial charge in [0.15, 0.2) is 11.5 Å². The van der Waals surface area contributed by atoms with Gasteiger partial charge in [0, 0.05) is 36.0 Å². The van der Waals surface area contributed by atoms with E-state index in [1.54, 1.807) is 0 Å². The predicted octanol–water partition coefficient (Wildman–Crippen LogP) is 6.03. The van der Waals surface area contributed by atoms with Crippen LogP contribution in [0.2, 0.25) is 0 Å². The highest BCUT2D eigenvalue weighted by atomic mass is 16.7. The molecule has 0 saturated heterocycles. The Morgan fingerprint density at radius 3 is 2.56 bits per heavy atom. The number of rotatable bonds is 6. The molecule has 0 radical (unpaired) electrons. The maximum absolute atomic E-state index is 13.1. The molecular formula is C29H30N2O3. The number of carbonyl (C=O) groups is 1. The zero-order valence-electron chi connectivity index (χ0n) is 19.9. The van der Waals surface area contributed by atoms with E-state index in [1.165, 1.54) is 5.56 Å². The van der Waals surface area contributed by atoms with E-state index in [9.17, 15) is 4.79 Å². The van der Waals surface area contributed by atoms with Crippen molar-refractivity contribution in [3.63, 3.8) is 0 Å². The van der Waals surface area contributed by atoms with Crippen LogP contribution in [0.3, 0.4) is 0 Å². The van der Waals surface area contributed by atoms with Gasteiger partial charge in [0.05, 0.1) is 0 Å². The Balaban J connectivity index is 1.38. The summed E-state index contributed by atoms with van der Waals surface area (Å²) in [6.45, 7) is 7.32. The normalized spacial score (nSPS) is 13.7. The van der Waals surface area contributed by atoms with E-state index in [2.05, 4.69) is 67.5 Å². The fourth-order valence-corrected chi connectivity index (χ4v) is 4.51. The average Bonchev–Trinajstić information content (AvgIpc) is 3.47. The Labute approximate surface area is 200 Å². The van der Waals surface area contributed by atoms with Crippen molar-refractivity contribution in [3.05, 3.63) is 95.2 Å². The summed E-state index contributed by atoms with van der Waals surface area (Å²) in [7, 11) is 0. The number of carbonyl (C=O) groups excluding carboxylic acids is 1. The van der Waals surface area contributed by atoms with Crippen molar-refractivity contribution >= 4 is 16.8 Å². The topological polar surface area (TPSA) is 63.4 Å². The average molecular weight is 455 g/mol. The van der Waals surface area contributed by atoms with Crippen molar-refractivity contribution in [1.82, 2.24) is 10.3 Å². The second kappa shape index (κ2) is 8.90. The van der Waals surface area contributed by atoms with Crippen LogP contribution in [0.25, 0.3) is 10.9 Å².